The van der Waals surface area contributed by atoms with E-state index in [1.54, 1.807) is 4.57 Å². The molecule has 1 heterocycles. The summed E-state index contributed by atoms with van der Waals surface area (Å²) < 4.78 is 1.68. The molecule has 22 heavy (non-hydrogen) atoms. The summed E-state index contributed by atoms with van der Waals surface area (Å²) in [4.78, 5) is 25.3. The quantitative estimate of drug-likeness (QED) is 0.689. The molecule has 0 spiro atoms. The Balaban J connectivity index is 1.82. The van der Waals surface area contributed by atoms with Gasteiger partial charge in [0.15, 0.2) is 0 Å². The Morgan fingerprint density at radius 2 is 1.77 bits per heavy atom. The van der Waals surface area contributed by atoms with E-state index in [4.69, 9.17) is 5.11 Å². The highest BCUT2D eigenvalue weighted by Crippen LogP contribution is 2.12. The van der Waals surface area contributed by atoms with Crippen molar-refractivity contribution < 1.29 is 9.90 Å². The first-order valence-electron chi connectivity index (χ1n) is 6.85. The van der Waals surface area contributed by atoms with E-state index in [0.29, 0.717) is 6.54 Å². The number of nitrogens with one attached hydrogen (secondary N) is 2. The zero-order chi connectivity index (χ0) is 15.5. The van der Waals surface area contributed by atoms with Gasteiger partial charge in [-0.2, -0.15) is 0 Å². The summed E-state index contributed by atoms with van der Waals surface area (Å²) >= 11 is 0. The van der Waals surface area contributed by atoms with Crippen LogP contribution in [0, 0.1) is 0 Å². The molecule has 6 heteroatoms. The third kappa shape index (κ3) is 2.85. The van der Waals surface area contributed by atoms with Crippen molar-refractivity contribution in [2.24, 2.45) is 0 Å². The Bertz CT molecular complexity index is 862. The number of rotatable bonds is 4. The fraction of sp³-hybridized carbons (Fsp3) is 0.125. The normalized spacial score (nSPS) is 10.7. The minimum atomic E-state index is -1.05. The number of amides is 1. The molecule has 3 rings (SSSR count). The number of nitrogens with zero attached hydrogens (tertiary/aromatic N) is 1. The first kappa shape index (κ1) is 13.9. The largest absolute Gasteiger partial charge is 0.465 e. The molecule has 1 amide bonds. The van der Waals surface area contributed by atoms with Gasteiger partial charge < -0.3 is 15.4 Å². The molecular weight excluding hydrogens is 282 g/mol. The SMILES string of the molecule is O=C(O)NCc1ccc(Cn2c(=O)[nH]c3ccccc32)cc1. The van der Waals surface area contributed by atoms with E-state index in [-0.39, 0.29) is 12.2 Å². The van der Waals surface area contributed by atoms with Crippen molar-refractivity contribution in [3.63, 3.8) is 0 Å². The molecule has 6 nitrogen and oxygen atoms in total. The van der Waals surface area contributed by atoms with Crippen molar-refractivity contribution in [2.45, 2.75) is 13.1 Å². The molecule has 0 aliphatic rings. The van der Waals surface area contributed by atoms with Gasteiger partial charge in [0.05, 0.1) is 17.6 Å². The van der Waals surface area contributed by atoms with Gasteiger partial charge in [-0.25, -0.2) is 9.59 Å². The number of carboxylic acid groups (broad SMARTS) is 1. The van der Waals surface area contributed by atoms with Crippen LogP contribution >= 0.6 is 0 Å². The Kier molecular flexibility index (Phi) is 3.65. The summed E-state index contributed by atoms with van der Waals surface area (Å²) in [5, 5.41) is 10.9. The molecule has 0 unspecified atom stereocenters. The molecular formula is C16H15N3O3. The van der Waals surface area contributed by atoms with Gasteiger partial charge in [-0.1, -0.05) is 36.4 Å². The number of carbonyl (C=O) groups is 1. The van der Waals surface area contributed by atoms with Crippen molar-refractivity contribution in [3.05, 3.63) is 70.1 Å². The van der Waals surface area contributed by atoms with Gasteiger partial charge in [-0.05, 0) is 23.3 Å². The summed E-state index contributed by atoms with van der Waals surface area (Å²) in [6, 6.07) is 15.0. The second kappa shape index (κ2) is 5.77. The van der Waals surface area contributed by atoms with E-state index >= 15 is 0 Å². The van der Waals surface area contributed by atoms with Crippen molar-refractivity contribution in [1.29, 1.82) is 0 Å². The number of hydrogen-bond acceptors (Lipinski definition) is 2. The third-order valence-electron chi connectivity index (χ3n) is 3.49. The van der Waals surface area contributed by atoms with Gasteiger partial charge in [0.2, 0.25) is 0 Å². The highest BCUT2D eigenvalue weighted by molar-refractivity contribution is 5.75. The van der Waals surface area contributed by atoms with Crippen LogP contribution in [0.4, 0.5) is 4.79 Å². The Labute approximate surface area is 126 Å². The smallest absolute Gasteiger partial charge is 0.404 e. The van der Waals surface area contributed by atoms with Crippen LogP contribution in [0.5, 0.6) is 0 Å². The lowest BCUT2D eigenvalue weighted by molar-refractivity contribution is 0.194. The Hall–Kier alpha value is -3.02. The number of H-pyrrole nitrogens is 1. The van der Waals surface area contributed by atoms with Gasteiger partial charge in [0, 0.05) is 6.54 Å². The van der Waals surface area contributed by atoms with Crippen molar-refractivity contribution >= 4 is 17.1 Å². The van der Waals surface area contributed by atoms with Gasteiger partial charge in [-0.15, -0.1) is 0 Å². The molecule has 0 radical (unpaired) electrons. The van der Waals surface area contributed by atoms with Crippen LogP contribution in [0.3, 0.4) is 0 Å². The first-order chi connectivity index (χ1) is 10.6. The highest BCUT2D eigenvalue weighted by Gasteiger charge is 2.06. The van der Waals surface area contributed by atoms with Gasteiger partial charge in [0.1, 0.15) is 0 Å². The third-order valence-corrected chi connectivity index (χ3v) is 3.49. The predicted octanol–water partition coefficient (Wildman–Crippen LogP) is 2.15. The topological polar surface area (TPSA) is 87.1 Å². The minimum Gasteiger partial charge on any atom is -0.465 e. The minimum absolute atomic E-state index is 0.141. The summed E-state index contributed by atoms with van der Waals surface area (Å²) in [7, 11) is 0. The summed E-state index contributed by atoms with van der Waals surface area (Å²) in [6.45, 7) is 0.734. The number of aromatic amines is 1. The van der Waals surface area contributed by atoms with Crippen LogP contribution in [-0.2, 0) is 13.1 Å². The van der Waals surface area contributed by atoms with Crippen molar-refractivity contribution in [3.8, 4) is 0 Å². The molecule has 0 saturated carbocycles. The van der Waals surface area contributed by atoms with E-state index in [1.807, 2.05) is 48.5 Å². The molecule has 2 aromatic carbocycles. The average molecular weight is 297 g/mol. The fourth-order valence-corrected chi connectivity index (χ4v) is 2.39. The van der Waals surface area contributed by atoms with Crippen LogP contribution in [0.1, 0.15) is 11.1 Å². The van der Waals surface area contributed by atoms with E-state index < -0.39 is 6.09 Å². The number of aromatic nitrogens is 2. The van der Waals surface area contributed by atoms with Crippen molar-refractivity contribution in [1.82, 2.24) is 14.9 Å². The molecule has 1 aromatic heterocycles. The monoisotopic (exact) mass is 297 g/mol. The van der Waals surface area contributed by atoms with Crippen LogP contribution in [0.25, 0.3) is 11.0 Å². The standard InChI is InChI=1S/C16H15N3O3/c20-15-18-13-3-1-2-4-14(13)19(15)10-12-7-5-11(6-8-12)9-17-16(21)22/h1-8,17H,9-10H2,(H,18,20)(H,21,22). The van der Waals surface area contributed by atoms with Gasteiger partial charge in [0.25, 0.3) is 0 Å². The number of hydrogen-bond donors (Lipinski definition) is 3. The molecule has 0 atom stereocenters. The van der Waals surface area contributed by atoms with E-state index in [0.717, 1.165) is 22.2 Å². The van der Waals surface area contributed by atoms with Crippen molar-refractivity contribution in [2.75, 3.05) is 0 Å². The maximum atomic E-state index is 12.0. The van der Waals surface area contributed by atoms with Crippen LogP contribution in [0.2, 0.25) is 0 Å². The summed E-state index contributed by atoms with van der Waals surface area (Å²) in [5.74, 6) is 0. The van der Waals surface area contributed by atoms with E-state index in [2.05, 4.69) is 10.3 Å². The summed E-state index contributed by atoms with van der Waals surface area (Å²) in [5.41, 5.74) is 3.39. The predicted molar refractivity (Wildman–Crippen MR) is 83.0 cm³/mol. The van der Waals surface area contributed by atoms with E-state index in [1.165, 1.54) is 0 Å². The molecule has 3 N–H and O–H groups in total. The molecule has 112 valence electrons. The van der Waals surface area contributed by atoms with Gasteiger partial charge >= 0.3 is 11.8 Å². The first-order valence-corrected chi connectivity index (χ1v) is 6.85. The maximum Gasteiger partial charge on any atom is 0.404 e. The lowest BCUT2D eigenvalue weighted by Gasteiger charge is -2.06. The van der Waals surface area contributed by atoms with Crippen LogP contribution in [-0.4, -0.2) is 20.8 Å². The molecule has 0 fully saturated rings. The number of benzene rings is 2. The number of imidazole rings is 1. The lowest BCUT2D eigenvalue weighted by Crippen LogP contribution is -2.20. The molecule has 0 aliphatic carbocycles. The Morgan fingerprint density at radius 1 is 1.09 bits per heavy atom. The number of fused-ring (bicyclic) bond motifs is 1. The molecule has 0 aliphatic heterocycles. The number of para-hydroxylation sites is 2. The van der Waals surface area contributed by atoms with Gasteiger partial charge in [-0.3, -0.25) is 4.57 Å². The molecule has 0 saturated heterocycles. The maximum absolute atomic E-state index is 12.0. The lowest BCUT2D eigenvalue weighted by atomic mass is 10.1. The zero-order valence-electron chi connectivity index (χ0n) is 11.7. The van der Waals surface area contributed by atoms with E-state index in [9.17, 15) is 9.59 Å². The Morgan fingerprint density at radius 3 is 2.50 bits per heavy atom. The fourth-order valence-electron chi connectivity index (χ4n) is 2.39. The highest BCUT2D eigenvalue weighted by atomic mass is 16.4. The van der Waals surface area contributed by atoms with Crippen LogP contribution < -0.4 is 11.0 Å². The average Bonchev–Trinajstić information content (AvgIpc) is 2.83. The molecule has 3 aromatic rings. The van der Waals surface area contributed by atoms with Crippen LogP contribution in [0.15, 0.2) is 53.3 Å². The second-order valence-corrected chi connectivity index (χ2v) is 5.01. The second-order valence-electron chi connectivity index (χ2n) is 5.01. The zero-order valence-corrected chi connectivity index (χ0v) is 11.7. The summed E-state index contributed by atoms with van der Waals surface area (Å²) in [6.07, 6.45) is -1.05. The molecule has 0 bridgehead atoms.